The van der Waals surface area contributed by atoms with E-state index in [1.165, 1.54) is 29.9 Å². The molecule has 0 radical (unpaired) electrons. The molecule has 1 aromatic carbocycles. The van der Waals surface area contributed by atoms with Gasteiger partial charge in [0.25, 0.3) is 11.8 Å². The lowest BCUT2D eigenvalue weighted by Gasteiger charge is -2.14. The van der Waals surface area contributed by atoms with Gasteiger partial charge in [0.1, 0.15) is 10.6 Å². The molecule has 0 aliphatic heterocycles. The number of carbonyl (C=O) groups is 2. The number of carbonyl (C=O) groups excluding carboxylic acids is 2. The van der Waals surface area contributed by atoms with E-state index in [0.29, 0.717) is 10.6 Å². The molecule has 2 aromatic heterocycles. The molecule has 0 aliphatic carbocycles. The third-order valence-electron chi connectivity index (χ3n) is 3.56. The minimum Gasteiger partial charge on any atom is -0.345 e. The third-order valence-corrected chi connectivity index (χ3v) is 4.48. The number of hydrogen-bond donors (Lipinski definition) is 2. The Hall–Kier alpha value is -3.06. The molecule has 126 valence electrons. The number of nitrogens with zero attached hydrogens (tertiary/aromatic N) is 2. The van der Waals surface area contributed by atoms with E-state index < -0.39 is 5.91 Å². The van der Waals surface area contributed by atoms with Crippen LogP contribution in [-0.2, 0) is 0 Å². The summed E-state index contributed by atoms with van der Waals surface area (Å²) >= 11 is 1.27. The minimum absolute atomic E-state index is 0.139. The second kappa shape index (κ2) is 7.67. The standard InChI is InChI=1S/C18H16N4O2S/c1-12(13-5-3-2-4-6-13)21-18(24)16-14(7-10-25-16)22-17(23)15-11-19-8-9-20-15/h2-12H,1H3,(H,21,24)(H,22,23)/t12-/m1/s1. The van der Waals surface area contributed by atoms with Crippen LogP contribution in [0.15, 0.2) is 60.4 Å². The van der Waals surface area contributed by atoms with Gasteiger partial charge in [0.05, 0.1) is 17.9 Å². The van der Waals surface area contributed by atoms with Crippen molar-refractivity contribution in [2.45, 2.75) is 13.0 Å². The van der Waals surface area contributed by atoms with Gasteiger partial charge >= 0.3 is 0 Å². The van der Waals surface area contributed by atoms with Gasteiger partial charge in [0, 0.05) is 12.4 Å². The molecule has 0 unspecified atom stereocenters. The molecule has 2 heterocycles. The van der Waals surface area contributed by atoms with Crippen LogP contribution in [0.1, 0.15) is 38.7 Å². The molecule has 0 spiro atoms. The molecule has 0 aliphatic rings. The fourth-order valence-corrected chi connectivity index (χ4v) is 3.03. The Balaban J connectivity index is 1.71. The van der Waals surface area contributed by atoms with Gasteiger partial charge in [0.2, 0.25) is 0 Å². The molecule has 0 saturated carbocycles. The number of hydrogen-bond acceptors (Lipinski definition) is 5. The first kappa shape index (κ1) is 16.8. The van der Waals surface area contributed by atoms with Gasteiger partial charge in [-0.25, -0.2) is 4.98 Å². The Morgan fingerprint density at radius 3 is 2.60 bits per heavy atom. The van der Waals surface area contributed by atoms with E-state index in [2.05, 4.69) is 20.6 Å². The van der Waals surface area contributed by atoms with Crippen molar-refractivity contribution in [1.29, 1.82) is 0 Å². The number of aromatic nitrogens is 2. The van der Waals surface area contributed by atoms with E-state index in [-0.39, 0.29) is 17.6 Å². The average Bonchev–Trinajstić information content (AvgIpc) is 3.11. The maximum atomic E-state index is 12.5. The summed E-state index contributed by atoms with van der Waals surface area (Å²) in [6.45, 7) is 1.92. The number of benzene rings is 1. The number of amides is 2. The van der Waals surface area contributed by atoms with Crippen molar-refractivity contribution in [1.82, 2.24) is 15.3 Å². The SMILES string of the molecule is C[C@@H](NC(=O)c1sccc1NC(=O)c1cnccn1)c1ccccc1. The molecule has 3 rings (SSSR count). The molecule has 1 atom stereocenters. The van der Waals surface area contributed by atoms with Crippen molar-refractivity contribution in [3.63, 3.8) is 0 Å². The summed E-state index contributed by atoms with van der Waals surface area (Å²) in [5, 5.41) is 7.41. The molecule has 6 nitrogen and oxygen atoms in total. The van der Waals surface area contributed by atoms with Crippen LogP contribution in [-0.4, -0.2) is 21.8 Å². The lowest BCUT2D eigenvalue weighted by molar-refractivity contribution is 0.0945. The zero-order chi connectivity index (χ0) is 17.6. The highest BCUT2D eigenvalue weighted by Gasteiger charge is 2.18. The molecular weight excluding hydrogens is 336 g/mol. The maximum Gasteiger partial charge on any atom is 0.275 e. The van der Waals surface area contributed by atoms with E-state index in [1.807, 2.05) is 37.3 Å². The van der Waals surface area contributed by atoms with Crippen LogP contribution in [0.4, 0.5) is 5.69 Å². The summed E-state index contributed by atoms with van der Waals surface area (Å²) in [5.41, 5.74) is 1.66. The van der Waals surface area contributed by atoms with Gasteiger partial charge in [-0.15, -0.1) is 11.3 Å². The summed E-state index contributed by atoms with van der Waals surface area (Å²) in [7, 11) is 0. The van der Waals surface area contributed by atoms with Crippen molar-refractivity contribution < 1.29 is 9.59 Å². The average molecular weight is 352 g/mol. The van der Waals surface area contributed by atoms with E-state index in [9.17, 15) is 9.59 Å². The topological polar surface area (TPSA) is 84.0 Å². The Kier molecular flexibility index (Phi) is 5.15. The van der Waals surface area contributed by atoms with Gasteiger partial charge in [0.15, 0.2) is 0 Å². The maximum absolute atomic E-state index is 12.5. The number of thiophene rings is 1. The van der Waals surface area contributed by atoms with E-state index >= 15 is 0 Å². The Morgan fingerprint density at radius 2 is 1.88 bits per heavy atom. The first-order chi connectivity index (χ1) is 12.1. The van der Waals surface area contributed by atoms with Gasteiger partial charge < -0.3 is 10.6 Å². The summed E-state index contributed by atoms with van der Waals surface area (Å²) in [4.78, 5) is 33.0. The Morgan fingerprint density at radius 1 is 1.08 bits per heavy atom. The van der Waals surface area contributed by atoms with Crippen LogP contribution in [0, 0.1) is 0 Å². The molecule has 2 amide bonds. The molecule has 2 N–H and O–H groups in total. The van der Waals surface area contributed by atoms with Crippen molar-refractivity contribution in [3.05, 3.63) is 76.5 Å². The van der Waals surface area contributed by atoms with Crippen LogP contribution in [0.3, 0.4) is 0 Å². The van der Waals surface area contributed by atoms with Gasteiger partial charge in [-0.1, -0.05) is 30.3 Å². The normalized spacial score (nSPS) is 11.6. The fraction of sp³-hybridized carbons (Fsp3) is 0.111. The third kappa shape index (κ3) is 4.07. The molecule has 0 fully saturated rings. The van der Waals surface area contributed by atoms with Crippen molar-refractivity contribution >= 4 is 28.8 Å². The fourth-order valence-electron chi connectivity index (χ4n) is 2.27. The molecule has 25 heavy (non-hydrogen) atoms. The summed E-state index contributed by atoms with van der Waals surface area (Å²) in [6, 6.07) is 11.2. The molecule has 7 heteroatoms. The lowest BCUT2D eigenvalue weighted by Crippen LogP contribution is -2.27. The van der Waals surface area contributed by atoms with E-state index in [1.54, 1.807) is 11.4 Å². The predicted molar refractivity (Wildman–Crippen MR) is 96.6 cm³/mol. The molecular formula is C18H16N4O2S. The van der Waals surface area contributed by atoms with Gasteiger partial charge in [-0.3, -0.25) is 14.6 Å². The predicted octanol–water partition coefficient (Wildman–Crippen LogP) is 3.28. The van der Waals surface area contributed by atoms with Crippen molar-refractivity contribution in [2.75, 3.05) is 5.32 Å². The van der Waals surface area contributed by atoms with Crippen molar-refractivity contribution in [2.24, 2.45) is 0 Å². The molecule has 3 aromatic rings. The summed E-state index contributed by atoms with van der Waals surface area (Å²) in [5.74, 6) is -0.641. The zero-order valence-electron chi connectivity index (χ0n) is 13.5. The first-order valence-electron chi connectivity index (χ1n) is 7.66. The largest absolute Gasteiger partial charge is 0.345 e. The second-order valence-electron chi connectivity index (χ2n) is 5.31. The molecule has 0 saturated heterocycles. The van der Waals surface area contributed by atoms with E-state index in [0.717, 1.165) is 5.56 Å². The minimum atomic E-state index is -0.406. The Bertz CT molecular complexity index is 865. The number of rotatable bonds is 5. The second-order valence-corrected chi connectivity index (χ2v) is 6.23. The van der Waals surface area contributed by atoms with Crippen LogP contribution in [0.5, 0.6) is 0 Å². The monoisotopic (exact) mass is 352 g/mol. The molecule has 0 bridgehead atoms. The zero-order valence-corrected chi connectivity index (χ0v) is 14.3. The number of nitrogens with one attached hydrogen (secondary N) is 2. The van der Waals surface area contributed by atoms with Crippen LogP contribution >= 0.6 is 11.3 Å². The highest BCUT2D eigenvalue weighted by Crippen LogP contribution is 2.24. The smallest absolute Gasteiger partial charge is 0.275 e. The van der Waals surface area contributed by atoms with Gasteiger partial charge in [-0.2, -0.15) is 0 Å². The highest BCUT2D eigenvalue weighted by atomic mass is 32.1. The van der Waals surface area contributed by atoms with Crippen molar-refractivity contribution in [3.8, 4) is 0 Å². The van der Waals surface area contributed by atoms with Gasteiger partial charge in [-0.05, 0) is 23.9 Å². The van der Waals surface area contributed by atoms with E-state index in [4.69, 9.17) is 0 Å². The first-order valence-corrected chi connectivity index (χ1v) is 8.54. The highest BCUT2D eigenvalue weighted by molar-refractivity contribution is 7.12. The Labute approximate surface area is 149 Å². The summed E-state index contributed by atoms with van der Waals surface area (Å²) in [6.07, 6.45) is 4.31. The summed E-state index contributed by atoms with van der Waals surface area (Å²) < 4.78 is 0. The quantitative estimate of drug-likeness (QED) is 0.738. The lowest BCUT2D eigenvalue weighted by atomic mass is 10.1. The van der Waals surface area contributed by atoms with Crippen LogP contribution in [0.25, 0.3) is 0 Å². The van der Waals surface area contributed by atoms with Crippen LogP contribution in [0.2, 0.25) is 0 Å². The number of anilines is 1. The van der Waals surface area contributed by atoms with Crippen LogP contribution < -0.4 is 10.6 Å².